The van der Waals surface area contributed by atoms with Crippen LogP contribution in [0.3, 0.4) is 0 Å². The lowest BCUT2D eigenvalue weighted by Crippen LogP contribution is -2.46. The van der Waals surface area contributed by atoms with Gasteiger partial charge in [0.1, 0.15) is 0 Å². The first kappa shape index (κ1) is 11.5. The SMILES string of the molecule is CCCC(C)OC(=O)C1(CN)CCC1. The molecule has 1 saturated carbocycles. The van der Waals surface area contributed by atoms with Gasteiger partial charge in [-0.25, -0.2) is 0 Å². The van der Waals surface area contributed by atoms with Crippen LogP contribution < -0.4 is 5.73 Å². The van der Waals surface area contributed by atoms with Crippen LogP contribution in [0.2, 0.25) is 0 Å². The highest BCUT2D eigenvalue weighted by molar-refractivity contribution is 5.78. The van der Waals surface area contributed by atoms with Crippen molar-refractivity contribution in [2.45, 2.75) is 52.1 Å². The van der Waals surface area contributed by atoms with Crippen LogP contribution in [0, 0.1) is 5.41 Å². The van der Waals surface area contributed by atoms with E-state index in [0.717, 1.165) is 32.1 Å². The molecular weight excluding hydrogens is 178 g/mol. The molecule has 0 amide bonds. The number of nitrogens with two attached hydrogens (primary N) is 1. The van der Waals surface area contributed by atoms with Gasteiger partial charge in [0.05, 0.1) is 11.5 Å². The first-order valence-corrected chi connectivity index (χ1v) is 5.56. The Hall–Kier alpha value is -0.570. The van der Waals surface area contributed by atoms with Crippen molar-refractivity contribution in [3.05, 3.63) is 0 Å². The molecule has 2 N–H and O–H groups in total. The van der Waals surface area contributed by atoms with Crippen LogP contribution in [0.25, 0.3) is 0 Å². The van der Waals surface area contributed by atoms with E-state index in [0.29, 0.717) is 6.54 Å². The first-order valence-electron chi connectivity index (χ1n) is 5.56. The maximum Gasteiger partial charge on any atom is 0.313 e. The zero-order valence-electron chi connectivity index (χ0n) is 9.21. The molecule has 0 heterocycles. The fourth-order valence-electron chi connectivity index (χ4n) is 1.87. The van der Waals surface area contributed by atoms with Gasteiger partial charge in [0.2, 0.25) is 0 Å². The molecule has 1 atom stereocenters. The molecule has 3 nitrogen and oxygen atoms in total. The third-order valence-corrected chi connectivity index (χ3v) is 3.14. The lowest BCUT2D eigenvalue weighted by Gasteiger charge is -2.38. The van der Waals surface area contributed by atoms with Gasteiger partial charge in [0.15, 0.2) is 0 Å². The Kier molecular flexibility index (Phi) is 3.93. The Morgan fingerprint density at radius 1 is 1.57 bits per heavy atom. The van der Waals surface area contributed by atoms with Crippen LogP contribution in [0.1, 0.15) is 46.0 Å². The maximum atomic E-state index is 11.8. The molecular formula is C11H21NO2. The second-order valence-electron chi connectivity index (χ2n) is 4.34. The van der Waals surface area contributed by atoms with Crippen molar-refractivity contribution in [3.63, 3.8) is 0 Å². The Labute approximate surface area is 86.0 Å². The average molecular weight is 199 g/mol. The normalized spacial score (nSPS) is 21.1. The van der Waals surface area contributed by atoms with Crippen molar-refractivity contribution in [1.29, 1.82) is 0 Å². The number of rotatable bonds is 5. The Balaban J connectivity index is 2.40. The summed E-state index contributed by atoms with van der Waals surface area (Å²) in [5.41, 5.74) is 5.29. The molecule has 1 fully saturated rings. The summed E-state index contributed by atoms with van der Waals surface area (Å²) in [4.78, 5) is 11.8. The number of esters is 1. The smallest absolute Gasteiger partial charge is 0.313 e. The summed E-state index contributed by atoms with van der Waals surface area (Å²) >= 11 is 0. The first-order chi connectivity index (χ1) is 6.64. The molecule has 14 heavy (non-hydrogen) atoms. The minimum absolute atomic E-state index is 0.0384. The summed E-state index contributed by atoms with van der Waals surface area (Å²) in [6.07, 6.45) is 4.93. The molecule has 0 bridgehead atoms. The summed E-state index contributed by atoms with van der Waals surface area (Å²) in [5, 5.41) is 0. The second kappa shape index (κ2) is 4.78. The Bertz CT molecular complexity index is 194. The van der Waals surface area contributed by atoms with Gasteiger partial charge in [0.25, 0.3) is 0 Å². The molecule has 1 aliphatic rings. The van der Waals surface area contributed by atoms with E-state index in [1.165, 1.54) is 0 Å². The fourth-order valence-corrected chi connectivity index (χ4v) is 1.87. The van der Waals surface area contributed by atoms with E-state index >= 15 is 0 Å². The molecule has 0 aromatic heterocycles. The lowest BCUT2D eigenvalue weighted by molar-refractivity contribution is -0.165. The molecule has 0 radical (unpaired) electrons. The molecule has 82 valence electrons. The van der Waals surface area contributed by atoms with Gasteiger partial charge in [-0.3, -0.25) is 4.79 Å². The number of hydrogen-bond acceptors (Lipinski definition) is 3. The van der Waals surface area contributed by atoms with E-state index in [-0.39, 0.29) is 17.5 Å². The standard InChI is InChI=1S/C11H21NO2/c1-3-5-9(2)14-10(13)11(8-12)6-4-7-11/h9H,3-8,12H2,1-2H3. The summed E-state index contributed by atoms with van der Waals surface area (Å²) < 4.78 is 5.37. The summed E-state index contributed by atoms with van der Waals surface area (Å²) in [6, 6.07) is 0. The quantitative estimate of drug-likeness (QED) is 0.687. The Morgan fingerprint density at radius 3 is 2.57 bits per heavy atom. The predicted octanol–water partition coefficient (Wildman–Crippen LogP) is 1.85. The topological polar surface area (TPSA) is 52.3 Å². The third-order valence-electron chi connectivity index (χ3n) is 3.14. The molecule has 1 unspecified atom stereocenters. The largest absolute Gasteiger partial charge is 0.462 e. The number of carbonyl (C=O) groups excluding carboxylic acids is 1. The zero-order chi connectivity index (χ0) is 10.6. The van der Waals surface area contributed by atoms with E-state index in [2.05, 4.69) is 6.92 Å². The minimum atomic E-state index is -0.331. The van der Waals surface area contributed by atoms with E-state index in [4.69, 9.17) is 10.5 Å². The van der Waals surface area contributed by atoms with Crippen molar-refractivity contribution in [1.82, 2.24) is 0 Å². The van der Waals surface area contributed by atoms with Gasteiger partial charge in [0, 0.05) is 6.54 Å². The molecule has 0 saturated heterocycles. The lowest BCUT2D eigenvalue weighted by atomic mass is 9.69. The molecule has 1 rings (SSSR count). The highest BCUT2D eigenvalue weighted by Gasteiger charge is 2.44. The average Bonchev–Trinajstić information content (AvgIpc) is 2.03. The minimum Gasteiger partial charge on any atom is -0.462 e. The zero-order valence-corrected chi connectivity index (χ0v) is 9.21. The molecule has 0 spiro atoms. The predicted molar refractivity (Wildman–Crippen MR) is 55.8 cm³/mol. The fraction of sp³-hybridized carbons (Fsp3) is 0.909. The van der Waals surface area contributed by atoms with Crippen molar-refractivity contribution < 1.29 is 9.53 Å². The molecule has 1 aliphatic carbocycles. The summed E-state index contributed by atoms with van der Waals surface area (Å²) in [6.45, 7) is 4.47. The van der Waals surface area contributed by atoms with Crippen LogP contribution in [0.15, 0.2) is 0 Å². The second-order valence-corrected chi connectivity index (χ2v) is 4.34. The molecule has 0 aromatic carbocycles. The van der Waals surface area contributed by atoms with Gasteiger partial charge in [-0.05, 0) is 26.2 Å². The number of hydrogen-bond donors (Lipinski definition) is 1. The van der Waals surface area contributed by atoms with E-state index in [9.17, 15) is 4.79 Å². The van der Waals surface area contributed by atoms with E-state index in [1.54, 1.807) is 0 Å². The highest BCUT2D eigenvalue weighted by Crippen LogP contribution is 2.41. The maximum absolute atomic E-state index is 11.8. The van der Waals surface area contributed by atoms with Gasteiger partial charge in [-0.15, -0.1) is 0 Å². The van der Waals surface area contributed by atoms with Crippen molar-refractivity contribution in [2.24, 2.45) is 11.1 Å². The van der Waals surface area contributed by atoms with Crippen LogP contribution in [-0.4, -0.2) is 18.6 Å². The van der Waals surface area contributed by atoms with Crippen molar-refractivity contribution >= 4 is 5.97 Å². The molecule has 3 heteroatoms. The van der Waals surface area contributed by atoms with Gasteiger partial charge >= 0.3 is 5.97 Å². The van der Waals surface area contributed by atoms with Crippen molar-refractivity contribution in [2.75, 3.05) is 6.54 Å². The highest BCUT2D eigenvalue weighted by atomic mass is 16.5. The monoisotopic (exact) mass is 199 g/mol. The van der Waals surface area contributed by atoms with E-state index < -0.39 is 0 Å². The van der Waals surface area contributed by atoms with Gasteiger partial charge in [-0.1, -0.05) is 19.8 Å². The van der Waals surface area contributed by atoms with Crippen LogP contribution in [0.4, 0.5) is 0 Å². The Morgan fingerprint density at radius 2 is 2.21 bits per heavy atom. The molecule has 0 aromatic rings. The van der Waals surface area contributed by atoms with Gasteiger partial charge < -0.3 is 10.5 Å². The summed E-state index contributed by atoms with van der Waals surface area (Å²) in [7, 11) is 0. The van der Waals surface area contributed by atoms with Crippen LogP contribution in [-0.2, 0) is 9.53 Å². The van der Waals surface area contributed by atoms with E-state index in [1.807, 2.05) is 6.92 Å². The van der Waals surface area contributed by atoms with Crippen LogP contribution in [0.5, 0.6) is 0 Å². The number of ether oxygens (including phenoxy) is 1. The van der Waals surface area contributed by atoms with Gasteiger partial charge in [-0.2, -0.15) is 0 Å². The number of carbonyl (C=O) groups is 1. The van der Waals surface area contributed by atoms with Crippen molar-refractivity contribution in [3.8, 4) is 0 Å². The summed E-state index contributed by atoms with van der Waals surface area (Å²) in [5.74, 6) is -0.0767. The molecule has 0 aliphatic heterocycles. The van der Waals surface area contributed by atoms with Crippen LogP contribution >= 0.6 is 0 Å². The third kappa shape index (κ3) is 2.27.